The van der Waals surface area contributed by atoms with Crippen LogP contribution in [-0.2, 0) is 12.0 Å². The lowest BCUT2D eigenvalue weighted by Crippen LogP contribution is -2.35. The molecule has 2 aromatic carbocycles. The molecule has 2 N–H and O–H groups in total. The number of benzene rings is 2. The molecule has 0 amide bonds. The van der Waals surface area contributed by atoms with E-state index in [0.717, 1.165) is 15.2 Å². The molecule has 0 aliphatic rings. The van der Waals surface area contributed by atoms with Crippen molar-refractivity contribution in [3.05, 3.63) is 68.8 Å². The third-order valence-corrected chi connectivity index (χ3v) is 3.73. The fourth-order valence-electron chi connectivity index (χ4n) is 2.01. The predicted molar refractivity (Wildman–Crippen MR) is 80.8 cm³/mol. The van der Waals surface area contributed by atoms with Gasteiger partial charge in [0.25, 0.3) is 0 Å². The first-order valence-electron chi connectivity index (χ1n) is 5.87. The van der Waals surface area contributed by atoms with E-state index in [1.54, 1.807) is 6.92 Å². The first kappa shape index (κ1) is 14.4. The van der Waals surface area contributed by atoms with Gasteiger partial charge in [-0.3, -0.25) is 0 Å². The maximum atomic E-state index is 13.3. The molecule has 0 saturated carbocycles. The van der Waals surface area contributed by atoms with Crippen molar-refractivity contribution in [2.24, 2.45) is 5.73 Å². The number of halogens is 3. The van der Waals surface area contributed by atoms with Crippen LogP contribution in [0.4, 0.5) is 8.78 Å². The van der Waals surface area contributed by atoms with Crippen LogP contribution < -0.4 is 5.73 Å². The van der Waals surface area contributed by atoms with Gasteiger partial charge in [0.1, 0.15) is 11.6 Å². The fourth-order valence-corrected chi connectivity index (χ4v) is 2.37. The van der Waals surface area contributed by atoms with Crippen molar-refractivity contribution < 1.29 is 8.78 Å². The number of hydrogen-bond acceptors (Lipinski definition) is 1. The van der Waals surface area contributed by atoms with Crippen molar-refractivity contribution in [1.29, 1.82) is 0 Å². The lowest BCUT2D eigenvalue weighted by Gasteiger charge is -2.25. The van der Waals surface area contributed by atoms with E-state index in [-0.39, 0.29) is 0 Å². The van der Waals surface area contributed by atoms with E-state index in [2.05, 4.69) is 22.6 Å². The lowest BCUT2D eigenvalue weighted by molar-refractivity contribution is 0.478. The van der Waals surface area contributed by atoms with Gasteiger partial charge in [-0.25, -0.2) is 8.78 Å². The zero-order valence-electron chi connectivity index (χ0n) is 10.5. The molecule has 2 aromatic rings. The van der Waals surface area contributed by atoms with Crippen LogP contribution in [0.1, 0.15) is 18.1 Å². The highest BCUT2D eigenvalue weighted by Crippen LogP contribution is 2.24. The normalized spacial score (nSPS) is 14.2. The molecular weight excluding hydrogens is 359 g/mol. The summed E-state index contributed by atoms with van der Waals surface area (Å²) in [6.07, 6.45) is 0.521. The number of hydrogen-bond donors (Lipinski definition) is 1. The Labute approximate surface area is 125 Å². The van der Waals surface area contributed by atoms with Gasteiger partial charge < -0.3 is 5.73 Å². The highest BCUT2D eigenvalue weighted by Gasteiger charge is 2.23. The van der Waals surface area contributed by atoms with Gasteiger partial charge in [0, 0.05) is 15.2 Å². The molecule has 0 aliphatic carbocycles. The smallest absolute Gasteiger partial charge is 0.126 e. The molecule has 2 rings (SSSR count). The maximum absolute atomic E-state index is 13.3. The van der Waals surface area contributed by atoms with E-state index >= 15 is 0 Å². The molecule has 0 heterocycles. The van der Waals surface area contributed by atoms with Gasteiger partial charge in [-0.05, 0) is 71.3 Å². The summed E-state index contributed by atoms with van der Waals surface area (Å²) >= 11 is 2.22. The summed E-state index contributed by atoms with van der Waals surface area (Å²) in [5.74, 6) is -1.21. The minimum atomic E-state index is -0.810. The largest absolute Gasteiger partial charge is 0.321 e. The highest BCUT2D eigenvalue weighted by atomic mass is 127. The molecule has 4 heteroatoms. The molecule has 100 valence electrons. The summed E-state index contributed by atoms with van der Waals surface area (Å²) in [6.45, 7) is 1.78. The molecule has 1 atom stereocenters. The van der Waals surface area contributed by atoms with Gasteiger partial charge in [0.05, 0.1) is 0 Å². The molecule has 19 heavy (non-hydrogen) atoms. The van der Waals surface area contributed by atoms with Crippen molar-refractivity contribution in [2.45, 2.75) is 18.9 Å². The third-order valence-electron chi connectivity index (χ3n) is 3.01. The van der Waals surface area contributed by atoms with Crippen molar-refractivity contribution in [3.8, 4) is 0 Å². The molecule has 0 spiro atoms. The second kappa shape index (κ2) is 5.54. The zero-order chi connectivity index (χ0) is 14.0. The van der Waals surface area contributed by atoms with Gasteiger partial charge >= 0.3 is 0 Å². The summed E-state index contributed by atoms with van der Waals surface area (Å²) in [4.78, 5) is 0. The third kappa shape index (κ3) is 3.73. The molecule has 0 fully saturated rings. The summed E-state index contributed by atoms with van der Waals surface area (Å²) in [5, 5.41) is 0. The Bertz CT molecular complexity index is 559. The van der Waals surface area contributed by atoms with Crippen molar-refractivity contribution in [3.63, 3.8) is 0 Å². The average Bonchev–Trinajstić information content (AvgIpc) is 2.31. The Kier molecular flexibility index (Phi) is 4.20. The fraction of sp³-hybridized carbons (Fsp3) is 0.200. The Hall–Kier alpha value is -1.01. The average molecular weight is 373 g/mol. The Morgan fingerprint density at radius 2 is 1.58 bits per heavy atom. The van der Waals surface area contributed by atoms with Gasteiger partial charge in [-0.1, -0.05) is 12.1 Å². The van der Waals surface area contributed by atoms with Gasteiger partial charge in [-0.2, -0.15) is 0 Å². The van der Waals surface area contributed by atoms with E-state index in [9.17, 15) is 8.78 Å². The van der Waals surface area contributed by atoms with Crippen LogP contribution in [0, 0.1) is 15.2 Å². The number of nitrogens with two attached hydrogens (primary N) is 1. The van der Waals surface area contributed by atoms with E-state index in [0.29, 0.717) is 12.0 Å². The van der Waals surface area contributed by atoms with E-state index < -0.39 is 17.2 Å². The zero-order valence-corrected chi connectivity index (χ0v) is 12.6. The number of rotatable bonds is 3. The van der Waals surface area contributed by atoms with Gasteiger partial charge in [0.2, 0.25) is 0 Å². The molecule has 0 saturated heterocycles. The van der Waals surface area contributed by atoms with Crippen LogP contribution in [-0.4, -0.2) is 0 Å². The molecular formula is C15H14F2IN. The van der Waals surface area contributed by atoms with Crippen molar-refractivity contribution in [1.82, 2.24) is 0 Å². The van der Waals surface area contributed by atoms with Crippen LogP contribution in [0.3, 0.4) is 0 Å². The van der Waals surface area contributed by atoms with Crippen LogP contribution in [0.15, 0.2) is 42.5 Å². The van der Waals surface area contributed by atoms with Crippen LogP contribution >= 0.6 is 22.6 Å². The predicted octanol–water partition coefficient (Wildman–Crippen LogP) is 3.99. The van der Waals surface area contributed by atoms with E-state index in [1.807, 2.05) is 24.3 Å². The van der Waals surface area contributed by atoms with E-state index in [4.69, 9.17) is 5.73 Å². The van der Waals surface area contributed by atoms with Crippen LogP contribution in [0.25, 0.3) is 0 Å². The van der Waals surface area contributed by atoms with Gasteiger partial charge in [0.15, 0.2) is 0 Å². The lowest BCUT2D eigenvalue weighted by atomic mass is 9.86. The Morgan fingerprint density at radius 1 is 1.05 bits per heavy atom. The standard InChI is InChI=1S/C15H14F2IN/c1-15(19,9-10-2-4-14(18)5-3-10)11-6-12(16)8-13(17)7-11/h2-8H,9,19H2,1H3. The minimum absolute atomic E-state index is 0.462. The molecule has 0 aliphatic heterocycles. The second-order valence-corrected chi connectivity index (χ2v) is 6.12. The van der Waals surface area contributed by atoms with E-state index in [1.165, 1.54) is 12.1 Å². The molecule has 0 radical (unpaired) electrons. The summed E-state index contributed by atoms with van der Waals surface area (Å²) in [6, 6.07) is 11.3. The monoisotopic (exact) mass is 373 g/mol. The summed E-state index contributed by atoms with van der Waals surface area (Å²) in [5.41, 5.74) is 6.90. The first-order valence-corrected chi connectivity index (χ1v) is 6.94. The van der Waals surface area contributed by atoms with Crippen molar-refractivity contribution >= 4 is 22.6 Å². The quantitative estimate of drug-likeness (QED) is 0.810. The SMILES string of the molecule is CC(N)(Cc1ccc(I)cc1)c1cc(F)cc(F)c1. The van der Waals surface area contributed by atoms with Crippen LogP contribution in [0.2, 0.25) is 0 Å². The van der Waals surface area contributed by atoms with Crippen molar-refractivity contribution in [2.75, 3.05) is 0 Å². The molecule has 0 aromatic heterocycles. The van der Waals surface area contributed by atoms with Crippen LogP contribution in [0.5, 0.6) is 0 Å². The molecule has 0 bridgehead atoms. The van der Waals surface area contributed by atoms with Gasteiger partial charge in [-0.15, -0.1) is 0 Å². The first-order chi connectivity index (χ1) is 8.87. The topological polar surface area (TPSA) is 26.0 Å². The Morgan fingerprint density at radius 3 is 2.11 bits per heavy atom. The maximum Gasteiger partial charge on any atom is 0.126 e. The second-order valence-electron chi connectivity index (χ2n) is 4.88. The Balaban J connectivity index is 2.28. The minimum Gasteiger partial charge on any atom is -0.321 e. The summed E-state index contributed by atoms with van der Waals surface area (Å²) in [7, 11) is 0. The highest BCUT2D eigenvalue weighted by molar-refractivity contribution is 14.1. The summed E-state index contributed by atoms with van der Waals surface area (Å²) < 4.78 is 27.6. The molecule has 1 unspecified atom stereocenters. The molecule has 1 nitrogen and oxygen atoms in total.